The van der Waals surface area contributed by atoms with E-state index in [0.717, 1.165) is 0 Å². The maximum Gasteiger partial charge on any atom is 0.518 e. The summed E-state index contributed by atoms with van der Waals surface area (Å²) in [6.45, 7) is 2.71. The molecule has 0 unspecified atom stereocenters. The van der Waals surface area contributed by atoms with Crippen molar-refractivity contribution < 1.29 is 8.78 Å². The average Bonchev–Trinajstić information content (AvgIpc) is 1.38. The molecular formula is C2HF2N. The van der Waals surface area contributed by atoms with Crippen LogP contribution in [0.3, 0.4) is 0 Å². The standard InChI is InChI=1S/C2HF2N/c1-5-2(3)4/h2H. The van der Waals surface area contributed by atoms with Crippen molar-refractivity contribution in [2.75, 3.05) is 0 Å². The van der Waals surface area contributed by atoms with Crippen LogP contribution in [0.4, 0.5) is 8.78 Å². The van der Waals surface area contributed by atoms with Gasteiger partial charge in [0.15, 0.2) is 0 Å². The Hall–Kier alpha value is -0.650. The monoisotopic (exact) mass is 77.0 g/mol. The first kappa shape index (κ1) is 4.35. The third kappa shape index (κ3) is 3.35. The Morgan fingerprint density at radius 2 is 1.80 bits per heavy atom. The van der Waals surface area contributed by atoms with Gasteiger partial charge in [0.2, 0.25) is 0 Å². The van der Waals surface area contributed by atoms with E-state index in [1.165, 1.54) is 0 Å². The second-order valence-corrected chi connectivity index (χ2v) is 0.407. The van der Waals surface area contributed by atoms with Gasteiger partial charge in [-0.15, -0.1) is 8.78 Å². The van der Waals surface area contributed by atoms with Gasteiger partial charge in [-0.3, -0.25) is 0 Å². The zero-order valence-corrected chi connectivity index (χ0v) is 2.28. The highest BCUT2D eigenvalue weighted by Crippen LogP contribution is 1.88. The van der Waals surface area contributed by atoms with Gasteiger partial charge >= 0.3 is 6.55 Å². The van der Waals surface area contributed by atoms with Crippen molar-refractivity contribution in [3.05, 3.63) is 11.4 Å². The molecule has 0 fully saturated rings. The van der Waals surface area contributed by atoms with Gasteiger partial charge < -0.3 is 0 Å². The molecule has 0 saturated heterocycles. The van der Waals surface area contributed by atoms with Crippen LogP contribution >= 0.6 is 0 Å². The molecule has 0 bridgehead atoms. The predicted octanol–water partition coefficient (Wildman–Crippen LogP) is 1.13. The molecule has 0 aromatic carbocycles. The first-order valence-electron chi connectivity index (χ1n) is 0.918. The van der Waals surface area contributed by atoms with Crippen LogP contribution in [0.5, 0.6) is 0 Å². The zero-order valence-electron chi connectivity index (χ0n) is 2.28. The third-order valence-corrected chi connectivity index (χ3v) is 0.0976. The van der Waals surface area contributed by atoms with Crippen LogP contribution in [-0.2, 0) is 0 Å². The molecule has 0 aliphatic carbocycles. The van der Waals surface area contributed by atoms with E-state index in [1.54, 1.807) is 4.85 Å². The van der Waals surface area contributed by atoms with Crippen LogP contribution < -0.4 is 0 Å². The SMILES string of the molecule is [C-]#[N+]C(F)F. The van der Waals surface area contributed by atoms with Crippen molar-refractivity contribution in [3.63, 3.8) is 0 Å². The Bertz CT molecular complexity index is 53.2. The minimum absolute atomic E-state index is 1.81. The van der Waals surface area contributed by atoms with Crippen molar-refractivity contribution in [2.45, 2.75) is 6.55 Å². The molecule has 28 valence electrons. The van der Waals surface area contributed by atoms with E-state index in [2.05, 4.69) is 0 Å². The van der Waals surface area contributed by atoms with E-state index in [1.807, 2.05) is 0 Å². The van der Waals surface area contributed by atoms with Gasteiger partial charge in [0.1, 0.15) is 0 Å². The molecule has 3 heteroatoms. The second-order valence-electron chi connectivity index (χ2n) is 0.407. The maximum atomic E-state index is 10.4. The van der Waals surface area contributed by atoms with E-state index in [4.69, 9.17) is 6.57 Å². The van der Waals surface area contributed by atoms with Gasteiger partial charge in [0, 0.05) is 0 Å². The summed E-state index contributed by atoms with van der Waals surface area (Å²) in [6.07, 6.45) is 0. The van der Waals surface area contributed by atoms with Crippen molar-refractivity contribution in [2.24, 2.45) is 0 Å². The van der Waals surface area contributed by atoms with Crippen LogP contribution in [0.2, 0.25) is 0 Å². The largest absolute Gasteiger partial charge is 0.518 e. The van der Waals surface area contributed by atoms with Gasteiger partial charge in [-0.25, -0.2) is 11.4 Å². The summed E-state index contributed by atoms with van der Waals surface area (Å²) in [6, 6.07) is 0. The maximum absolute atomic E-state index is 10.4. The average molecular weight is 77.0 g/mol. The van der Waals surface area contributed by atoms with E-state index >= 15 is 0 Å². The lowest BCUT2D eigenvalue weighted by atomic mass is 11.3. The summed E-state index contributed by atoms with van der Waals surface area (Å²) in [4.78, 5) is 1.81. The highest BCUT2D eigenvalue weighted by molar-refractivity contribution is 4.49. The predicted molar refractivity (Wildman–Crippen MR) is 12.6 cm³/mol. The first-order chi connectivity index (χ1) is 2.27. The molecule has 0 aromatic rings. The lowest BCUT2D eigenvalue weighted by Crippen LogP contribution is -1.70. The molecule has 0 N–H and O–H groups in total. The molecule has 0 atom stereocenters. The molecule has 0 rings (SSSR count). The Kier molecular flexibility index (Phi) is 1.43. The van der Waals surface area contributed by atoms with E-state index in [9.17, 15) is 8.78 Å². The summed E-state index contributed by atoms with van der Waals surface area (Å²) >= 11 is 0. The minimum Gasteiger partial charge on any atom is -0.245 e. The van der Waals surface area contributed by atoms with Gasteiger partial charge in [0.05, 0.1) is 0 Å². The Labute approximate surface area is 28.0 Å². The molecule has 0 spiro atoms. The fraction of sp³-hybridized carbons (Fsp3) is 0.500. The van der Waals surface area contributed by atoms with E-state index in [0.29, 0.717) is 0 Å². The van der Waals surface area contributed by atoms with Crippen molar-refractivity contribution in [3.8, 4) is 0 Å². The normalized spacial score (nSPS) is 7.60. The highest BCUT2D eigenvalue weighted by atomic mass is 19.3. The van der Waals surface area contributed by atoms with Crippen LogP contribution in [0.25, 0.3) is 4.85 Å². The van der Waals surface area contributed by atoms with E-state index in [-0.39, 0.29) is 0 Å². The number of halogens is 2. The van der Waals surface area contributed by atoms with Crippen molar-refractivity contribution in [1.82, 2.24) is 0 Å². The van der Waals surface area contributed by atoms with Crippen LogP contribution in [0.15, 0.2) is 0 Å². The summed E-state index contributed by atoms with van der Waals surface area (Å²) < 4.78 is 20.8. The smallest absolute Gasteiger partial charge is 0.245 e. The van der Waals surface area contributed by atoms with Gasteiger partial charge in [-0.05, 0) is 0 Å². The zero-order chi connectivity index (χ0) is 4.28. The van der Waals surface area contributed by atoms with Gasteiger partial charge in [-0.2, -0.15) is 0 Å². The molecule has 5 heavy (non-hydrogen) atoms. The molecule has 0 aliphatic rings. The van der Waals surface area contributed by atoms with E-state index < -0.39 is 6.55 Å². The Morgan fingerprint density at radius 1 is 1.60 bits per heavy atom. The van der Waals surface area contributed by atoms with Crippen molar-refractivity contribution >= 4 is 0 Å². The lowest BCUT2D eigenvalue weighted by molar-refractivity contribution is 0.201. The molecule has 1 nitrogen and oxygen atoms in total. The van der Waals surface area contributed by atoms with Gasteiger partial charge in [-0.1, -0.05) is 0 Å². The van der Waals surface area contributed by atoms with Crippen LogP contribution in [-0.4, -0.2) is 6.55 Å². The topological polar surface area (TPSA) is 4.36 Å². The summed E-state index contributed by atoms with van der Waals surface area (Å²) in [5, 5.41) is 0. The number of hydrogen-bond acceptors (Lipinski definition) is 0. The summed E-state index contributed by atoms with van der Waals surface area (Å²) in [5.41, 5.74) is 0. The molecular weight excluding hydrogens is 76.0 g/mol. The van der Waals surface area contributed by atoms with Crippen molar-refractivity contribution in [1.29, 1.82) is 0 Å². The molecule has 0 amide bonds. The molecule has 0 aromatic heterocycles. The number of alkyl halides is 2. The number of rotatable bonds is 0. The van der Waals surface area contributed by atoms with Gasteiger partial charge in [0.25, 0.3) is 0 Å². The quantitative estimate of drug-likeness (QED) is 0.301. The fourth-order valence-corrected chi connectivity index (χ4v) is 0. The molecule has 0 radical (unpaired) electrons. The number of hydrogen-bond donors (Lipinski definition) is 0. The summed E-state index contributed by atoms with van der Waals surface area (Å²) in [5.74, 6) is 0. The van der Waals surface area contributed by atoms with Crippen LogP contribution in [0.1, 0.15) is 0 Å². The Balaban J connectivity index is 2.94. The highest BCUT2D eigenvalue weighted by Gasteiger charge is 1.96. The first-order valence-corrected chi connectivity index (χ1v) is 0.918. The number of nitrogens with zero attached hydrogens (tertiary/aromatic N) is 1. The lowest BCUT2D eigenvalue weighted by Gasteiger charge is -1.65. The minimum atomic E-state index is -2.82. The molecule has 0 heterocycles. The molecule has 0 saturated carbocycles. The second kappa shape index (κ2) is 1.65. The third-order valence-electron chi connectivity index (χ3n) is 0.0976. The molecule has 0 aliphatic heterocycles. The fourth-order valence-electron chi connectivity index (χ4n) is 0. The van der Waals surface area contributed by atoms with Crippen LogP contribution in [0, 0.1) is 6.57 Å². The summed E-state index contributed by atoms with van der Waals surface area (Å²) in [7, 11) is 0. The Morgan fingerprint density at radius 3 is 1.80 bits per heavy atom.